The molecule has 0 saturated carbocycles. The van der Waals surface area contributed by atoms with Crippen molar-refractivity contribution in [3.8, 4) is 0 Å². The van der Waals surface area contributed by atoms with Crippen LogP contribution >= 0.6 is 0 Å². The number of carboxylic acids is 1. The minimum absolute atomic E-state index is 0.0995. The smallest absolute Gasteiger partial charge is 0.335 e. The molecule has 0 aromatic carbocycles. The maximum absolute atomic E-state index is 12.0. The molecule has 1 saturated heterocycles. The Morgan fingerprint density at radius 1 is 1.44 bits per heavy atom. The summed E-state index contributed by atoms with van der Waals surface area (Å²) in [6, 6.07) is 2.89. The SMILES string of the molecule is CC1C2CNC[C@@H]1c1cc(C(=O)O)cc(=O)n1C2. The summed E-state index contributed by atoms with van der Waals surface area (Å²) in [6.45, 7) is 4.64. The second-order valence-corrected chi connectivity index (χ2v) is 5.31. The second kappa shape index (κ2) is 3.95. The van der Waals surface area contributed by atoms with Crippen molar-refractivity contribution in [3.63, 3.8) is 0 Å². The Morgan fingerprint density at radius 3 is 2.94 bits per heavy atom. The number of nitrogens with one attached hydrogen (secondary N) is 1. The zero-order valence-corrected chi connectivity index (χ0v) is 10.2. The predicted octanol–water partition coefficient (Wildman–Crippen LogP) is 0.499. The molecular formula is C13H16N2O3. The third-order valence-corrected chi connectivity index (χ3v) is 4.35. The van der Waals surface area contributed by atoms with Crippen molar-refractivity contribution >= 4 is 5.97 Å². The number of pyridine rings is 1. The molecule has 2 unspecified atom stereocenters. The van der Waals surface area contributed by atoms with Gasteiger partial charge in [-0.15, -0.1) is 0 Å². The summed E-state index contributed by atoms with van der Waals surface area (Å²) >= 11 is 0. The highest BCUT2D eigenvalue weighted by Crippen LogP contribution is 2.37. The second-order valence-electron chi connectivity index (χ2n) is 5.31. The normalized spacial score (nSPS) is 29.7. The zero-order valence-electron chi connectivity index (χ0n) is 10.2. The topological polar surface area (TPSA) is 71.3 Å². The molecule has 3 atom stereocenters. The number of hydrogen-bond acceptors (Lipinski definition) is 3. The van der Waals surface area contributed by atoms with Crippen LogP contribution in [0.2, 0.25) is 0 Å². The van der Waals surface area contributed by atoms with Crippen molar-refractivity contribution < 1.29 is 9.90 Å². The predicted molar refractivity (Wildman–Crippen MR) is 65.9 cm³/mol. The summed E-state index contributed by atoms with van der Waals surface area (Å²) in [5.74, 6) is 0.165. The molecule has 2 aliphatic rings. The van der Waals surface area contributed by atoms with E-state index in [2.05, 4.69) is 12.2 Å². The van der Waals surface area contributed by atoms with Gasteiger partial charge < -0.3 is 15.0 Å². The van der Waals surface area contributed by atoms with E-state index in [1.165, 1.54) is 6.07 Å². The van der Waals surface area contributed by atoms with E-state index in [1.54, 1.807) is 10.6 Å². The Kier molecular flexibility index (Phi) is 2.52. The average molecular weight is 248 g/mol. The highest BCUT2D eigenvalue weighted by Gasteiger charge is 2.37. The van der Waals surface area contributed by atoms with Crippen molar-refractivity contribution in [1.29, 1.82) is 0 Å². The highest BCUT2D eigenvalue weighted by atomic mass is 16.4. The molecule has 1 aromatic heterocycles. The van der Waals surface area contributed by atoms with Crippen LogP contribution in [-0.4, -0.2) is 28.7 Å². The number of carbonyl (C=O) groups is 1. The molecule has 96 valence electrons. The molecule has 0 amide bonds. The summed E-state index contributed by atoms with van der Waals surface area (Å²) < 4.78 is 1.75. The van der Waals surface area contributed by atoms with Gasteiger partial charge in [0.1, 0.15) is 0 Å². The van der Waals surface area contributed by atoms with Crippen LogP contribution in [0.25, 0.3) is 0 Å². The molecular weight excluding hydrogens is 232 g/mol. The molecule has 3 rings (SSSR count). The number of aromatic nitrogens is 1. The van der Waals surface area contributed by atoms with Crippen LogP contribution < -0.4 is 10.9 Å². The number of rotatable bonds is 1. The van der Waals surface area contributed by atoms with Gasteiger partial charge in [0.05, 0.1) is 5.56 Å². The van der Waals surface area contributed by atoms with Crippen LogP contribution in [0.1, 0.15) is 28.9 Å². The molecule has 2 aliphatic heterocycles. The van der Waals surface area contributed by atoms with Crippen molar-refractivity contribution in [1.82, 2.24) is 9.88 Å². The van der Waals surface area contributed by atoms with Crippen LogP contribution in [0.5, 0.6) is 0 Å². The lowest BCUT2D eigenvalue weighted by Crippen LogP contribution is -2.49. The standard InChI is InChI=1S/C13H16N2O3/c1-7-9-4-14-5-10(7)11-2-8(13(17)18)3-12(16)15(11)6-9/h2-3,7,9-10,14H,4-6H2,1H3,(H,17,18)/t7?,9?,10-/m0/s1. The minimum Gasteiger partial charge on any atom is -0.478 e. The molecule has 0 spiro atoms. The van der Waals surface area contributed by atoms with Crippen molar-refractivity contribution in [3.05, 3.63) is 33.7 Å². The van der Waals surface area contributed by atoms with Crippen LogP contribution in [0.4, 0.5) is 0 Å². The lowest BCUT2D eigenvalue weighted by Gasteiger charge is -2.42. The lowest BCUT2D eigenvalue weighted by atomic mass is 9.75. The van der Waals surface area contributed by atoms with Crippen LogP contribution in [0.3, 0.4) is 0 Å². The number of nitrogens with zero attached hydrogens (tertiary/aromatic N) is 1. The van der Waals surface area contributed by atoms with E-state index in [0.717, 1.165) is 18.8 Å². The molecule has 3 heterocycles. The maximum Gasteiger partial charge on any atom is 0.335 e. The van der Waals surface area contributed by atoms with Crippen LogP contribution in [0.15, 0.2) is 16.9 Å². The first-order valence-corrected chi connectivity index (χ1v) is 6.26. The van der Waals surface area contributed by atoms with Crippen molar-refractivity contribution in [2.45, 2.75) is 19.4 Å². The van der Waals surface area contributed by atoms with E-state index >= 15 is 0 Å². The minimum atomic E-state index is -1.03. The Morgan fingerprint density at radius 2 is 2.22 bits per heavy atom. The van der Waals surface area contributed by atoms with E-state index in [4.69, 9.17) is 5.11 Å². The lowest BCUT2D eigenvalue weighted by molar-refractivity contribution is 0.0695. The monoisotopic (exact) mass is 248 g/mol. The molecule has 2 N–H and O–H groups in total. The number of carboxylic acid groups (broad SMARTS) is 1. The Labute approximate surface area is 104 Å². The Hall–Kier alpha value is -1.62. The van der Waals surface area contributed by atoms with Crippen LogP contribution in [-0.2, 0) is 6.54 Å². The molecule has 0 radical (unpaired) electrons. The number of hydrogen-bond donors (Lipinski definition) is 2. The third kappa shape index (κ3) is 1.58. The van der Waals surface area contributed by atoms with E-state index in [9.17, 15) is 9.59 Å². The molecule has 0 aliphatic carbocycles. The Balaban J connectivity index is 2.17. The fraction of sp³-hybridized carbons (Fsp3) is 0.538. The van der Waals surface area contributed by atoms with Crippen molar-refractivity contribution in [2.24, 2.45) is 11.8 Å². The van der Waals surface area contributed by atoms with E-state index < -0.39 is 5.97 Å². The first kappa shape index (κ1) is 11.5. The van der Waals surface area contributed by atoms with Gasteiger partial charge in [-0.25, -0.2) is 4.79 Å². The van der Waals surface area contributed by atoms with Gasteiger partial charge in [0.15, 0.2) is 0 Å². The summed E-state index contributed by atoms with van der Waals surface area (Å²) in [5, 5.41) is 12.4. The summed E-state index contributed by atoms with van der Waals surface area (Å²) in [4.78, 5) is 23.0. The summed E-state index contributed by atoms with van der Waals surface area (Å²) in [5.41, 5.74) is 0.784. The number of aromatic carboxylic acids is 1. The summed E-state index contributed by atoms with van der Waals surface area (Å²) in [6.07, 6.45) is 0. The fourth-order valence-electron chi connectivity index (χ4n) is 3.21. The fourth-order valence-corrected chi connectivity index (χ4v) is 3.21. The molecule has 1 aromatic rings. The molecule has 5 nitrogen and oxygen atoms in total. The van der Waals surface area contributed by atoms with E-state index in [1.807, 2.05) is 0 Å². The highest BCUT2D eigenvalue weighted by molar-refractivity contribution is 5.87. The quantitative estimate of drug-likeness (QED) is 0.759. The van der Waals surface area contributed by atoms with Gasteiger partial charge in [-0.3, -0.25) is 4.79 Å². The number of fused-ring (bicyclic) bond motifs is 4. The Bertz CT molecular complexity index is 564. The molecule has 1 fully saturated rings. The maximum atomic E-state index is 12.0. The first-order chi connectivity index (χ1) is 8.58. The third-order valence-electron chi connectivity index (χ3n) is 4.35. The largest absolute Gasteiger partial charge is 0.478 e. The number of piperidine rings is 1. The van der Waals surface area contributed by atoms with E-state index in [0.29, 0.717) is 18.4 Å². The van der Waals surface area contributed by atoms with Gasteiger partial charge in [0, 0.05) is 30.8 Å². The van der Waals surface area contributed by atoms with Gasteiger partial charge in [-0.05, 0) is 24.4 Å². The van der Waals surface area contributed by atoms with E-state index in [-0.39, 0.29) is 17.0 Å². The van der Waals surface area contributed by atoms with Crippen molar-refractivity contribution in [2.75, 3.05) is 13.1 Å². The van der Waals surface area contributed by atoms with Crippen LogP contribution in [0, 0.1) is 11.8 Å². The molecule has 2 bridgehead atoms. The zero-order chi connectivity index (χ0) is 12.9. The average Bonchev–Trinajstić information content (AvgIpc) is 2.30. The summed E-state index contributed by atoms with van der Waals surface area (Å²) in [7, 11) is 0. The van der Waals surface area contributed by atoms with Gasteiger partial charge in [-0.1, -0.05) is 6.92 Å². The van der Waals surface area contributed by atoms with Gasteiger partial charge in [0.25, 0.3) is 5.56 Å². The first-order valence-electron chi connectivity index (χ1n) is 6.26. The van der Waals surface area contributed by atoms with Gasteiger partial charge in [0.2, 0.25) is 0 Å². The molecule has 18 heavy (non-hydrogen) atoms. The molecule has 5 heteroatoms. The van der Waals surface area contributed by atoms with Gasteiger partial charge in [-0.2, -0.15) is 0 Å². The van der Waals surface area contributed by atoms with Gasteiger partial charge >= 0.3 is 5.97 Å².